The molecule has 200 valence electrons. The zero-order valence-electron chi connectivity index (χ0n) is 21.3. The van der Waals surface area contributed by atoms with Gasteiger partial charge in [0.1, 0.15) is 0 Å². The van der Waals surface area contributed by atoms with Crippen molar-refractivity contribution in [2.24, 2.45) is 11.7 Å². The van der Waals surface area contributed by atoms with Crippen molar-refractivity contribution in [2.75, 3.05) is 0 Å². The van der Waals surface area contributed by atoms with Crippen LogP contribution in [0.4, 0.5) is 0 Å². The highest BCUT2D eigenvalue weighted by atomic mass is 35.5. The molecule has 1 unspecified atom stereocenters. The largest absolute Gasteiger partial charge is 0.353 e. The maximum atomic E-state index is 13.4. The van der Waals surface area contributed by atoms with Gasteiger partial charge in [-0.2, -0.15) is 0 Å². The first kappa shape index (κ1) is 28.3. The number of aromatic nitrogens is 1. The molecule has 3 aromatic rings. The summed E-state index contributed by atoms with van der Waals surface area (Å²) in [5.41, 5.74) is 9.45. The SMILES string of the molecule is Cl.N[C@H]1CC[C@H](NC(=O)CC(c2cc(Cl)cc(Cl)c2)c2cn(CC3CCCCC3)c3ccccc23)CC1. The molecule has 1 amide bonds. The number of nitrogens with one attached hydrogen (secondary N) is 1. The van der Waals surface area contributed by atoms with Gasteiger partial charge in [0.25, 0.3) is 0 Å². The number of rotatable bonds is 7. The summed E-state index contributed by atoms with van der Waals surface area (Å²) in [6.45, 7) is 1.03. The standard InChI is InChI=1S/C30H37Cl2N3O.ClH/c31-22-14-21(15-23(32)16-22)27(17-30(36)34-25-12-10-24(33)11-13-25)28-19-35(18-20-6-2-1-3-7-20)29-9-5-4-8-26(28)29;/h4-5,8-9,14-16,19-20,24-25,27H,1-3,6-7,10-13,17-18,33H2,(H,34,36);1H/t24-,25-,27?;. The fraction of sp³-hybridized carbons (Fsp3) is 0.500. The Morgan fingerprint density at radius 1 is 0.973 bits per heavy atom. The molecule has 0 aliphatic heterocycles. The molecule has 4 nitrogen and oxygen atoms in total. The van der Waals surface area contributed by atoms with Crippen LogP contribution >= 0.6 is 35.6 Å². The number of hydrogen-bond donors (Lipinski definition) is 2. The molecule has 2 aromatic carbocycles. The molecule has 1 aromatic heterocycles. The number of nitrogens with two attached hydrogens (primary N) is 1. The minimum atomic E-state index is -0.135. The summed E-state index contributed by atoms with van der Waals surface area (Å²) in [5, 5.41) is 5.68. The van der Waals surface area contributed by atoms with Crippen LogP contribution < -0.4 is 11.1 Å². The lowest BCUT2D eigenvalue weighted by Gasteiger charge is -2.27. The Hall–Kier alpha value is -1.72. The summed E-state index contributed by atoms with van der Waals surface area (Å²) >= 11 is 12.9. The lowest BCUT2D eigenvalue weighted by Crippen LogP contribution is -2.40. The van der Waals surface area contributed by atoms with Gasteiger partial charge < -0.3 is 15.6 Å². The third kappa shape index (κ3) is 7.03. The molecule has 2 fully saturated rings. The van der Waals surface area contributed by atoms with Gasteiger partial charge >= 0.3 is 0 Å². The zero-order chi connectivity index (χ0) is 25.1. The summed E-state index contributed by atoms with van der Waals surface area (Å²) < 4.78 is 2.42. The summed E-state index contributed by atoms with van der Waals surface area (Å²) in [6, 6.07) is 14.7. The van der Waals surface area contributed by atoms with Crippen molar-refractivity contribution in [3.05, 3.63) is 69.8 Å². The first-order valence-electron chi connectivity index (χ1n) is 13.5. The summed E-state index contributed by atoms with van der Waals surface area (Å²) in [4.78, 5) is 13.4. The molecule has 0 radical (unpaired) electrons. The molecular formula is C30H38Cl3N3O. The molecule has 5 rings (SSSR count). The van der Waals surface area contributed by atoms with Gasteiger partial charge in [0, 0.05) is 58.1 Å². The van der Waals surface area contributed by atoms with Gasteiger partial charge in [0.15, 0.2) is 0 Å². The molecule has 2 saturated carbocycles. The highest BCUT2D eigenvalue weighted by Gasteiger charge is 2.26. The van der Waals surface area contributed by atoms with Crippen LogP contribution in [0.5, 0.6) is 0 Å². The van der Waals surface area contributed by atoms with Crippen LogP contribution in [0, 0.1) is 5.92 Å². The van der Waals surface area contributed by atoms with Gasteiger partial charge in [-0.3, -0.25) is 4.79 Å². The van der Waals surface area contributed by atoms with E-state index in [1.54, 1.807) is 6.07 Å². The molecule has 2 aliphatic rings. The number of halogens is 3. The number of para-hydroxylation sites is 1. The van der Waals surface area contributed by atoms with Gasteiger partial charge in [0.2, 0.25) is 5.91 Å². The maximum Gasteiger partial charge on any atom is 0.221 e. The molecule has 0 spiro atoms. The second-order valence-corrected chi connectivity index (χ2v) is 11.8. The Kier molecular flexibility index (Phi) is 9.85. The smallest absolute Gasteiger partial charge is 0.221 e. The van der Waals surface area contributed by atoms with Crippen molar-refractivity contribution in [3.8, 4) is 0 Å². The van der Waals surface area contributed by atoms with E-state index < -0.39 is 0 Å². The van der Waals surface area contributed by atoms with Gasteiger partial charge in [-0.25, -0.2) is 0 Å². The summed E-state index contributed by atoms with van der Waals surface area (Å²) in [7, 11) is 0. The highest BCUT2D eigenvalue weighted by Crippen LogP contribution is 2.38. The van der Waals surface area contributed by atoms with Crippen molar-refractivity contribution < 1.29 is 4.79 Å². The van der Waals surface area contributed by atoms with Crippen LogP contribution in [-0.2, 0) is 11.3 Å². The lowest BCUT2D eigenvalue weighted by atomic mass is 9.87. The molecule has 1 atom stereocenters. The number of carbonyl (C=O) groups is 1. The van der Waals surface area contributed by atoms with Crippen molar-refractivity contribution in [2.45, 2.75) is 88.8 Å². The fourth-order valence-corrected chi connectivity index (χ4v) is 6.81. The molecule has 0 saturated heterocycles. The van der Waals surface area contributed by atoms with E-state index in [1.807, 2.05) is 12.1 Å². The van der Waals surface area contributed by atoms with Gasteiger partial charge in [-0.1, -0.05) is 60.7 Å². The van der Waals surface area contributed by atoms with Crippen molar-refractivity contribution in [1.82, 2.24) is 9.88 Å². The molecule has 2 aliphatic carbocycles. The number of carbonyl (C=O) groups excluding carboxylic acids is 1. The van der Waals surface area contributed by atoms with Crippen LogP contribution in [0.15, 0.2) is 48.7 Å². The van der Waals surface area contributed by atoms with E-state index >= 15 is 0 Å². The van der Waals surface area contributed by atoms with Crippen LogP contribution in [-0.4, -0.2) is 22.6 Å². The van der Waals surface area contributed by atoms with Crippen LogP contribution in [0.25, 0.3) is 10.9 Å². The minimum Gasteiger partial charge on any atom is -0.353 e. The Balaban J connectivity index is 0.00000320. The first-order chi connectivity index (χ1) is 17.5. The molecule has 37 heavy (non-hydrogen) atoms. The topological polar surface area (TPSA) is 60.0 Å². The quantitative estimate of drug-likeness (QED) is 0.308. The van der Waals surface area contributed by atoms with Crippen LogP contribution in [0.1, 0.15) is 81.3 Å². The van der Waals surface area contributed by atoms with Gasteiger partial charge in [-0.05, 0) is 79.8 Å². The Morgan fingerprint density at radius 3 is 2.35 bits per heavy atom. The van der Waals surface area contributed by atoms with E-state index in [-0.39, 0.29) is 36.3 Å². The normalized spacial score (nSPS) is 21.4. The van der Waals surface area contributed by atoms with Crippen LogP contribution in [0.3, 0.4) is 0 Å². The average molecular weight is 563 g/mol. The number of hydrogen-bond acceptors (Lipinski definition) is 2. The monoisotopic (exact) mass is 561 g/mol. The second-order valence-electron chi connectivity index (χ2n) is 10.9. The van der Waals surface area contributed by atoms with E-state index in [0.717, 1.165) is 37.8 Å². The van der Waals surface area contributed by atoms with Crippen molar-refractivity contribution in [3.63, 3.8) is 0 Å². The Labute approximate surface area is 236 Å². The van der Waals surface area contributed by atoms with E-state index in [0.29, 0.717) is 22.4 Å². The van der Waals surface area contributed by atoms with Gasteiger partial charge in [-0.15, -0.1) is 12.4 Å². The lowest BCUT2D eigenvalue weighted by molar-refractivity contribution is -0.122. The summed E-state index contributed by atoms with van der Waals surface area (Å²) in [5.74, 6) is 0.646. The van der Waals surface area contributed by atoms with E-state index in [1.165, 1.54) is 48.6 Å². The van der Waals surface area contributed by atoms with Crippen LogP contribution in [0.2, 0.25) is 10.0 Å². The number of nitrogens with zero attached hydrogens (tertiary/aromatic N) is 1. The third-order valence-electron chi connectivity index (χ3n) is 8.19. The molecule has 7 heteroatoms. The number of benzene rings is 2. The van der Waals surface area contributed by atoms with E-state index in [4.69, 9.17) is 28.9 Å². The third-order valence-corrected chi connectivity index (χ3v) is 8.62. The molecule has 3 N–H and O–H groups in total. The molecule has 1 heterocycles. The maximum absolute atomic E-state index is 13.4. The predicted molar refractivity (Wildman–Crippen MR) is 157 cm³/mol. The Morgan fingerprint density at radius 2 is 1.65 bits per heavy atom. The van der Waals surface area contributed by atoms with E-state index in [2.05, 4.69) is 40.3 Å². The second kappa shape index (κ2) is 12.9. The number of fused-ring (bicyclic) bond motifs is 1. The first-order valence-corrected chi connectivity index (χ1v) is 14.3. The Bertz CT molecular complexity index is 1180. The number of amides is 1. The predicted octanol–water partition coefficient (Wildman–Crippen LogP) is 7.86. The average Bonchev–Trinajstić information content (AvgIpc) is 3.22. The molecule has 0 bridgehead atoms. The zero-order valence-corrected chi connectivity index (χ0v) is 23.6. The van der Waals surface area contributed by atoms with Crippen molar-refractivity contribution in [1.29, 1.82) is 0 Å². The highest BCUT2D eigenvalue weighted by molar-refractivity contribution is 6.34. The van der Waals surface area contributed by atoms with Crippen molar-refractivity contribution >= 4 is 52.4 Å². The molecular weight excluding hydrogens is 525 g/mol. The fourth-order valence-electron chi connectivity index (χ4n) is 6.27. The van der Waals surface area contributed by atoms with E-state index in [9.17, 15) is 4.79 Å². The minimum absolute atomic E-state index is 0. The summed E-state index contributed by atoms with van der Waals surface area (Å²) in [6.07, 6.45) is 13.1. The van der Waals surface area contributed by atoms with Gasteiger partial charge in [0.05, 0.1) is 0 Å².